The molecule has 0 radical (unpaired) electrons. The molecule has 10 aliphatic rings. The van der Waals surface area contributed by atoms with Gasteiger partial charge in [-0.1, -0.05) is 32.9 Å². The highest BCUT2D eigenvalue weighted by atomic mass is 17.3. The number of hydrogen-bond donors (Lipinski definition) is 1. The van der Waals surface area contributed by atoms with Crippen LogP contribution >= 0.6 is 0 Å². The summed E-state index contributed by atoms with van der Waals surface area (Å²) in [7, 11) is 0. The zero-order valence-electron chi connectivity index (χ0n) is 31.1. The normalized spacial score (nSPS) is 50.3. The van der Waals surface area contributed by atoms with Crippen molar-refractivity contribution in [2.75, 3.05) is 13.2 Å². The minimum atomic E-state index is -1.11. The van der Waals surface area contributed by atoms with Gasteiger partial charge >= 0.3 is 11.9 Å². The quantitative estimate of drug-likeness (QED) is 0.134. The third-order valence-electron chi connectivity index (χ3n) is 13.8. The van der Waals surface area contributed by atoms with Gasteiger partial charge in [-0.3, -0.25) is 4.79 Å². The van der Waals surface area contributed by atoms with Gasteiger partial charge in [0.25, 0.3) is 0 Å². The van der Waals surface area contributed by atoms with Crippen LogP contribution in [0.15, 0.2) is 5.16 Å². The molecule has 2 spiro atoms. The number of fused-ring (bicyclic) bond motifs is 4. The van der Waals surface area contributed by atoms with Gasteiger partial charge in [0.1, 0.15) is 5.71 Å². The largest absolute Gasteiger partial charge is 0.481 e. The van der Waals surface area contributed by atoms with Gasteiger partial charge in [-0.2, -0.15) is 0 Å². The highest BCUT2D eigenvalue weighted by Gasteiger charge is 2.71. The fourth-order valence-electron chi connectivity index (χ4n) is 10.9. The number of hydrogen-bond acceptors (Lipinski definition) is 14. The van der Waals surface area contributed by atoms with Crippen LogP contribution in [0.3, 0.4) is 0 Å². The zero-order chi connectivity index (χ0) is 36.6. The molecule has 15 nitrogen and oxygen atoms in total. The fraction of sp³-hybridized carbons (Fsp3) is 0.919. The fourth-order valence-corrected chi connectivity index (χ4v) is 10.9. The summed E-state index contributed by atoms with van der Waals surface area (Å²) in [6, 6.07) is 0. The Morgan fingerprint density at radius 3 is 1.62 bits per heavy atom. The number of nitrogens with zero attached hydrogens (tertiary/aromatic N) is 1. The average molecular weight is 738 g/mol. The molecule has 16 atom stereocenters. The summed E-state index contributed by atoms with van der Waals surface area (Å²) < 4.78 is 39.0. The molecule has 0 aromatic rings. The summed E-state index contributed by atoms with van der Waals surface area (Å²) >= 11 is 0. The lowest BCUT2D eigenvalue weighted by molar-refractivity contribution is -0.577. The third kappa shape index (κ3) is 6.15. The molecular formula is C37H55NO14. The second kappa shape index (κ2) is 13.7. The van der Waals surface area contributed by atoms with Gasteiger partial charge in [-0.15, -0.1) is 0 Å². The molecule has 8 saturated heterocycles. The third-order valence-corrected chi connectivity index (χ3v) is 13.8. The van der Waals surface area contributed by atoms with E-state index in [2.05, 4.69) is 32.9 Å². The molecule has 8 aliphatic heterocycles. The first-order valence-electron chi connectivity index (χ1n) is 19.4. The Hall–Kier alpha value is -1.79. The Labute approximate surface area is 304 Å². The predicted octanol–water partition coefficient (Wildman–Crippen LogP) is 5.20. The summed E-state index contributed by atoms with van der Waals surface area (Å²) in [5.74, 6) is -2.52. The topological polar surface area (TPSA) is 168 Å². The first-order valence-corrected chi connectivity index (χ1v) is 19.4. The second-order valence-electron chi connectivity index (χ2n) is 17.2. The lowest BCUT2D eigenvalue weighted by Crippen LogP contribution is -2.70. The maximum absolute atomic E-state index is 12.4. The number of carboxylic acid groups (broad SMARTS) is 1. The lowest BCUT2D eigenvalue weighted by Gasteiger charge is -2.60. The summed E-state index contributed by atoms with van der Waals surface area (Å²) in [6.07, 6.45) is 3.70. The van der Waals surface area contributed by atoms with E-state index in [9.17, 15) is 9.59 Å². The number of carboxylic acids is 1. The van der Waals surface area contributed by atoms with Crippen LogP contribution in [-0.4, -0.2) is 83.9 Å². The van der Waals surface area contributed by atoms with Crippen molar-refractivity contribution in [2.24, 2.45) is 52.5 Å². The van der Waals surface area contributed by atoms with E-state index in [1.54, 1.807) is 0 Å². The molecule has 4 bridgehead atoms. The first-order chi connectivity index (χ1) is 24.8. The van der Waals surface area contributed by atoms with Crippen LogP contribution in [0.4, 0.5) is 0 Å². The Bertz CT molecular complexity index is 1330. The summed E-state index contributed by atoms with van der Waals surface area (Å²) in [4.78, 5) is 53.1. The highest BCUT2D eigenvalue weighted by molar-refractivity contribution is 5.87. The Morgan fingerprint density at radius 2 is 1.15 bits per heavy atom. The molecule has 2 saturated carbocycles. The highest BCUT2D eigenvalue weighted by Crippen LogP contribution is 2.62. The van der Waals surface area contributed by atoms with Crippen LogP contribution in [0.5, 0.6) is 0 Å². The molecule has 0 aromatic heterocycles. The Kier molecular flexibility index (Phi) is 9.82. The van der Waals surface area contributed by atoms with E-state index in [1.807, 2.05) is 13.8 Å². The standard InChI is InChI=1S/C37H55NO14/c1-19-7-9-26-21(3)30(44-32-36(26)24(19)13-15-34(5,46-32)49-51-36)42-17-23(38-48-29(41)12-11-28(39)40)18-43-31-22(4)27-10-8-20(2)25-14-16-35(6)47-33(45-31)37(25,27)52-50-35/h19-22,24-27,30-33H,7-18H2,1-6H3,(H,39,40)/t19-,20-,21-,22-,24+,25+,26+,27+,30+,31+,32-,33-,34?,35?,36-,37-/m1/s1. The summed E-state index contributed by atoms with van der Waals surface area (Å²) in [5, 5.41) is 13.2. The van der Waals surface area contributed by atoms with E-state index < -0.39 is 59.9 Å². The molecule has 10 fully saturated rings. The summed E-state index contributed by atoms with van der Waals surface area (Å²) in [5.41, 5.74) is -1.20. The average Bonchev–Trinajstić information content (AvgIpc) is 3.48. The molecule has 8 heterocycles. The maximum Gasteiger partial charge on any atom is 0.335 e. The maximum atomic E-state index is 12.4. The zero-order valence-corrected chi connectivity index (χ0v) is 31.1. The van der Waals surface area contributed by atoms with Crippen molar-refractivity contribution in [3.05, 3.63) is 0 Å². The molecule has 10 rings (SSSR count). The van der Waals surface area contributed by atoms with Gasteiger partial charge in [-0.25, -0.2) is 24.3 Å². The molecule has 1 N–H and O–H groups in total. The van der Waals surface area contributed by atoms with Crippen molar-refractivity contribution in [3.63, 3.8) is 0 Å². The van der Waals surface area contributed by atoms with E-state index in [4.69, 9.17) is 57.9 Å². The molecule has 15 heteroatoms. The van der Waals surface area contributed by atoms with Gasteiger partial charge in [-0.05, 0) is 76.0 Å². The molecule has 2 unspecified atom stereocenters. The van der Waals surface area contributed by atoms with Gasteiger partial charge in [0.2, 0.25) is 11.6 Å². The minimum absolute atomic E-state index is 0.0550. The number of ether oxygens (including phenoxy) is 6. The summed E-state index contributed by atoms with van der Waals surface area (Å²) in [6.45, 7) is 12.3. The molecule has 2 aliphatic carbocycles. The smallest absolute Gasteiger partial charge is 0.335 e. The van der Waals surface area contributed by atoms with Crippen molar-refractivity contribution in [2.45, 2.75) is 154 Å². The van der Waals surface area contributed by atoms with Crippen molar-refractivity contribution < 1.29 is 67.5 Å². The van der Waals surface area contributed by atoms with E-state index >= 15 is 0 Å². The monoisotopic (exact) mass is 737 g/mol. The van der Waals surface area contributed by atoms with Crippen molar-refractivity contribution in [1.29, 1.82) is 0 Å². The van der Waals surface area contributed by atoms with Crippen LogP contribution in [0, 0.1) is 47.3 Å². The van der Waals surface area contributed by atoms with Crippen LogP contribution in [0.1, 0.15) is 106 Å². The molecule has 52 heavy (non-hydrogen) atoms. The number of oxime groups is 1. The van der Waals surface area contributed by atoms with Crippen molar-refractivity contribution >= 4 is 17.7 Å². The van der Waals surface area contributed by atoms with Crippen molar-refractivity contribution in [1.82, 2.24) is 0 Å². The number of carbonyl (C=O) groups is 2. The van der Waals surface area contributed by atoms with E-state index in [0.29, 0.717) is 24.7 Å². The van der Waals surface area contributed by atoms with Crippen LogP contribution in [-0.2, 0) is 62.4 Å². The van der Waals surface area contributed by atoms with Gasteiger partial charge < -0.3 is 38.4 Å². The second-order valence-corrected chi connectivity index (χ2v) is 17.2. The molecule has 292 valence electrons. The van der Waals surface area contributed by atoms with Crippen molar-refractivity contribution in [3.8, 4) is 0 Å². The number of rotatable bonds is 10. The minimum Gasteiger partial charge on any atom is -0.481 e. The number of aliphatic carboxylic acids is 1. The van der Waals surface area contributed by atoms with Gasteiger partial charge in [0.05, 0.1) is 26.1 Å². The van der Waals surface area contributed by atoms with Gasteiger partial charge in [0.15, 0.2) is 36.4 Å². The SMILES string of the molecule is C[C@H]1[C@@H](OCC(CO[C@H]2O[C@@H]3OC4(C)CC[C@H]5[C@H](C)CC[C@@H]([C@H]2C)[C@@]35OO4)=NOC(=O)CCC(=O)O)O[C@@H]2OC3(C)CC[C@H]4[C@H](C)CC[C@@H]1[C@@]24OO3. The Balaban J connectivity index is 0.987. The molecule has 0 aromatic carbocycles. The lowest BCUT2D eigenvalue weighted by atomic mass is 9.58. The Morgan fingerprint density at radius 1 is 0.673 bits per heavy atom. The predicted molar refractivity (Wildman–Crippen MR) is 176 cm³/mol. The van der Waals surface area contributed by atoms with E-state index in [0.717, 1.165) is 38.5 Å². The molecule has 0 amide bonds. The van der Waals surface area contributed by atoms with E-state index in [-0.39, 0.29) is 67.3 Å². The number of carbonyl (C=O) groups excluding carboxylic acids is 1. The first kappa shape index (κ1) is 37.1. The van der Waals surface area contributed by atoms with Crippen LogP contribution in [0.25, 0.3) is 0 Å². The van der Waals surface area contributed by atoms with E-state index in [1.165, 1.54) is 0 Å². The van der Waals surface area contributed by atoms with Crippen LogP contribution in [0.2, 0.25) is 0 Å². The molecular weight excluding hydrogens is 682 g/mol. The van der Waals surface area contributed by atoms with Crippen LogP contribution < -0.4 is 0 Å². The van der Waals surface area contributed by atoms with Gasteiger partial charge in [0, 0.05) is 36.5 Å².